The van der Waals surface area contributed by atoms with E-state index in [1.165, 1.54) is 0 Å². The largest absolute Gasteiger partial charge is 0.484 e. The Balaban J connectivity index is 1.19. The van der Waals surface area contributed by atoms with Gasteiger partial charge in [-0.25, -0.2) is 13.8 Å². The van der Waals surface area contributed by atoms with Gasteiger partial charge in [-0.3, -0.25) is 9.59 Å². The highest BCUT2D eigenvalue weighted by molar-refractivity contribution is 6.42. The summed E-state index contributed by atoms with van der Waals surface area (Å²) in [6.45, 7) is -0.0247. The topological polar surface area (TPSA) is 96.1 Å². The summed E-state index contributed by atoms with van der Waals surface area (Å²) in [7, 11) is 0. The molecule has 0 radical (unpaired) electrons. The average molecular weight is 511 g/mol. The van der Waals surface area contributed by atoms with Crippen molar-refractivity contribution in [2.75, 3.05) is 6.61 Å². The molecule has 1 aliphatic carbocycles. The number of halogens is 4. The van der Waals surface area contributed by atoms with Crippen molar-refractivity contribution >= 4 is 46.0 Å². The SMILES string of the molecule is O=C(COc1ccc(Cl)c(Cl)c1)NC1CCC(C(=O)NCc2nc3cc(F)c(F)cc3[nH]2)CC1. The van der Waals surface area contributed by atoms with Gasteiger partial charge in [0.1, 0.15) is 11.6 Å². The lowest BCUT2D eigenvalue weighted by Crippen LogP contribution is -2.42. The van der Waals surface area contributed by atoms with Crippen LogP contribution in [-0.2, 0) is 16.1 Å². The van der Waals surface area contributed by atoms with Crippen LogP contribution < -0.4 is 15.4 Å². The summed E-state index contributed by atoms with van der Waals surface area (Å²) < 4.78 is 32.1. The maximum Gasteiger partial charge on any atom is 0.258 e. The Kier molecular flexibility index (Phi) is 7.53. The lowest BCUT2D eigenvalue weighted by atomic mass is 9.85. The third kappa shape index (κ3) is 5.95. The van der Waals surface area contributed by atoms with Gasteiger partial charge in [-0.15, -0.1) is 0 Å². The van der Waals surface area contributed by atoms with Crippen LogP contribution in [0.2, 0.25) is 10.0 Å². The highest BCUT2D eigenvalue weighted by Gasteiger charge is 2.27. The maximum absolute atomic E-state index is 13.3. The van der Waals surface area contributed by atoms with Crippen LogP contribution in [0, 0.1) is 17.6 Å². The Morgan fingerprint density at radius 3 is 2.53 bits per heavy atom. The monoisotopic (exact) mass is 510 g/mol. The molecule has 2 aromatic carbocycles. The molecule has 180 valence electrons. The van der Waals surface area contributed by atoms with Crippen LogP contribution in [0.1, 0.15) is 31.5 Å². The number of aromatic nitrogens is 2. The van der Waals surface area contributed by atoms with Crippen LogP contribution in [0.25, 0.3) is 11.0 Å². The van der Waals surface area contributed by atoms with Crippen LogP contribution in [0.15, 0.2) is 30.3 Å². The van der Waals surface area contributed by atoms with E-state index in [0.717, 1.165) is 12.1 Å². The zero-order chi connectivity index (χ0) is 24.2. The van der Waals surface area contributed by atoms with E-state index in [0.29, 0.717) is 58.3 Å². The first-order valence-electron chi connectivity index (χ1n) is 10.8. The van der Waals surface area contributed by atoms with E-state index in [1.54, 1.807) is 18.2 Å². The second-order valence-corrected chi connectivity index (χ2v) is 8.98. The fraction of sp³-hybridized carbons (Fsp3) is 0.348. The van der Waals surface area contributed by atoms with Crippen molar-refractivity contribution in [1.29, 1.82) is 0 Å². The average Bonchev–Trinajstić information content (AvgIpc) is 3.20. The Morgan fingerprint density at radius 2 is 1.79 bits per heavy atom. The van der Waals surface area contributed by atoms with E-state index in [2.05, 4.69) is 20.6 Å². The van der Waals surface area contributed by atoms with Gasteiger partial charge in [-0.2, -0.15) is 0 Å². The van der Waals surface area contributed by atoms with Crippen LogP contribution >= 0.6 is 23.2 Å². The maximum atomic E-state index is 13.3. The molecule has 3 aromatic rings. The summed E-state index contributed by atoms with van der Waals surface area (Å²) in [5, 5.41) is 6.49. The molecule has 4 rings (SSSR count). The van der Waals surface area contributed by atoms with Crippen LogP contribution in [0.5, 0.6) is 5.75 Å². The Morgan fingerprint density at radius 1 is 1.06 bits per heavy atom. The first kappa shape index (κ1) is 24.2. The molecule has 34 heavy (non-hydrogen) atoms. The predicted molar refractivity (Wildman–Crippen MR) is 124 cm³/mol. The molecular formula is C23H22Cl2F2N4O3. The minimum absolute atomic E-state index is 0.0332. The highest BCUT2D eigenvalue weighted by Crippen LogP contribution is 2.27. The Labute approximate surface area is 204 Å². The quantitative estimate of drug-likeness (QED) is 0.435. The highest BCUT2D eigenvalue weighted by atomic mass is 35.5. The fourth-order valence-corrected chi connectivity index (χ4v) is 4.23. The van der Waals surface area contributed by atoms with Crippen molar-refractivity contribution < 1.29 is 23.1 Å². The standard InChI is InChI=1S/C23H22Cl2F2N4O3/c24-15-6-5-14(7-16(15)25)34-11-22(32)29-13-3-1-12(2-4-13)23(33)28-10-21-30-19-8-17(26)18(27)9-20(19)31-21/h5-9,12-13H,1-4,10-11H2,(H,28,33)(H,29,32)(H,30,31). The van der Waals surface area contributed by atoms with E-state index in [-0.39, 0.29) is 36.9 Å². The summed E-state index contributed by atoms with van der Waals surface area (Å²) in [6, 6.07) is 6.79. The summed E-state index contributed by atoms with van der Waals surface area (Å²) in [5.41, 5.74) is 0.657. The Hall–Kier alpha value is -2.91. The van der Waals surface area contributed by atoms with Crippen molar-refractivity contribution in [3.05, 3.63) is 57.8 Å². The number of hydrogen-bond donors (Lipinski definition) is 3. The molecular weight excluding hydrogens is 489 g/mol. The van der Waals surface area contributed by atoms with Gasteiger partial charge in [0.2, 0.25) is 5.91 Å². The normalized spacial score (nSPS) is 18.0. The minimum atomic E-state index is -0.973. The third-order valence-electron chi connectivity index (χ3n) is 5.73. The van der Waals surface area contributed by atoms with Crippen LogP contribution in [0.3, 0.4) is 0 Å². The second-order valence-electron chi connectivity index (χ2n) is 8.17. The number of H-pyrrole nitrogens is 1. The lowest BCUT2D eigenvalue weighted by molar-refractivity contribution is -0.126. The third-order valence-corrected chi connectivity index (χ3v) is 6.47. The number of carbonyl (C=O) groups is 2. The number of amides is 2. The van der Waals surface area contributed by atoms with Gasteiger partial charge in [0.15, 0.2) is 18.2 Å². The van der Waals surface area contributed by atoms with Crippen molar-refractivity contribution in [1.82, 2.24) is 20.6 Å². The zero-order valence-corrected chi connectivity index (χ0v) is 19.5. The van der Waals surface area contributed by atoms with Crippen LogP contribution in [-0.4, -0.2) is 34.4 Å². The van der Waals surface area contributed by atoms with E-state index in [4.69, 9.17) is 27.9 Å². The number of nitrogens with zero attached hydrogens (tertiary/aromatic N) is 1. The van der Waals surface area contributed by atoms with Crippen molar-refractivity contribution in [3.63, 3.8) is 0 Å². The number of nitrogens with one attached hydrogen (secondary N) is 3. The number of imidazole rings is 1. The molecule has 0 spiro atoms. The van der Waals surface area contributed by atoms with Crippen molar-refractivity contribution in [3.8, 4) is 5.75 Å². The molecule has 1 fully saturated rings. The summed E-state index contributed by atoms with van der Waals surface area (Å²) in [5.74, 6) is -1.63. The van der Waals surface area contributed by atoms with Gasteiger partial charge in [-0.1, -0.05) is 23.2 Å². The molecule has 0 atom stereocenters. The first-order valence-corrected chi connectivity index (χ1v) is 11.5. The molecule has 0 saturated heterocycles. The van der Waals surface area contributed by atoms with E-state index in [1.807, 2.05) is 0 Å². The molecule has 1 saturated carbocycles. The predicted octanol–water partition coefficient (Wildman–Crippen LogP) is 4.52. The molecule has 11 heteroatoms. The van der Waals surface area contributed by atoms with Crippen LogP contribution in [0.4, 0.5) is 8.78 Å². The van der Waals surface area contributed by atoms with Crippen molar-refractivity contribution in [2.45, 2.75) is 38.3 Å². The second kappa shape index (κ2) is 10.6. The summed E-state index contributed by atoms with van der Waals surface area (Å²) >= 11 is 11.8. The molecule has 1 aliphatic rings. The van der Waals surface area contributed by atoms with Gasteiger partial charge in [0.05, 0.1) is 27.6 Å². The number of hydrogen-bond acceptors (Lipinski definition) is 4. The van der Waals surface area contributed by atoms with Gasteiger partial charge in [-0.05, 0) is 37.8 Å². The fourth-order valence-electron chi connectivity index (χ4n) is 3.94. The molecule has 1 aromatic heterocycles. The minimum Gasteiger partial charge on any atom is -0.484 e. The molecule has 7 nitrogen and oxygen atoms in total. The zero-order valence-electron chi connectivity index (χ0n) is 18.0. The molecule has 0 aliphatic heterocycles. The molecule has 0 bridgehead atoms. The number of fused-ring (bicyclic) bond motifs is 1. The van der Waals surface area contributed by atoms with E-state index >= 15 is 0 Å². The smallest absolute Gasteiger partial charge is 0.258 e. The first-order chi connectivity index (χ1) is 16.3. The Bertz CT molecular complexity index is 1170. The molecule has 1 heterocycles. The molecule has 2 amide bonds. The van der Waals surface area contributed by atoms with Crippen molar-refractivity contribution in [2.24, 2.45) is 5.92 Å². The van der Waals surface area contributed by atoms with E-state index in [9.17, 15) is 18.4 Å². The summed E-state index contributed by atoms with van der Waals surface area (Å²) in [6.07, 6.45) is 2.58. The van der Waals surface area contributed by atoms with E-state index < -0.39 is 11.6 Å². The number of aromatic amines is 1. The van der Waals surface area contributed by atoms with Gasteiger partial charge in [0.25, 0.3) is 5.91 Å². The lowest BCUT2D eigenvalue weighted by Gasteiger charge is -2.28. The van der Waals surface area contributed by atoms with Gasteiger partial charge >= 0.3 is 0 Å². The number of benzene rings is 2. The van der Waals surface area contributed by atoms with Gasteiger partial charge < -0.3 is 20.4 Å². The number of rotatable bonds is 7. The van der Waals surface area contributed by atoms with Gasteiger partial charge in [0, 0.05) is 30.2 Å². The molecule has 0 unspecified atom stereocenters. The summed E-state index contributed by atoms with van der Waals surface area (Å²) in [4.78, 5) is 31.8. The number of carbonyl (C=O) groups excluding carboxylic acids is 2. The number of ether oxygens (including phenoxy) is 1. The molecule has 3 N–H and O–H groups in total.